The van der Waals surface area contributed by atoms with Crippen LogP contribution < -0.4 is 68.9 Å². The maximum absolute atomic E-state index is 14.0. The minimum Gasteiger partial charge on any atom is -0.790 e. The van der Waals surface area contributed by atoms with Crippen LogP contribution in [-0.2, 0) is 150 Å². The molecule has 36 atom stereocenters. The molecule has 0 aromatic heterocycles. The summed E-state index contributed by atoms with van der Waals surface area (Å²) in [5, 5.41) is 11.4. The summed E-state index contributed by atoms with van der Waals surface area (Å²) >= 11 is 1.69. The molecule has 2 aromatic carbocycles. The van der Waals surface area contributed by atoms with E-state index in [1.54, 1.807) is 11.8 Å². The third-order valence-electron chi connectivity index (χ3n) is 40.0. The zero-order valence-electron chi connectivity index (χ0n) is 78.9. The van der Waals surface area contributed by atoms with Crippen LogP contribution in [0, 0.1) is 69.0 Å². The van der Waals surface area contributed by atoms with Crippen molar-refractivity contribution < 1.29 is 210 Å². The summed E-state index contributed by atoms with van der Waals surface area (Å²) in [7, 11) is -9.25. The van der Waals surface area contributed by atoms with Gasteiger partial charge < -0.3 is 114 Å². The fraction of sp³-hybridized carbons (Fsp3) is 0.755. The largest absolute Gasteiger partial charge is 1.00 e. The summed E-state index contributed by atoms with van der Waals surface area (Å²) in [5.41, 5.74) is 1.89. The number of cyclic esters (lactones) is 4. The Kier molecular flexibility index (Phi) is 20.4. The van der Waals surface area contributed by atoms with Crippen LogP contribution in [0.15, 0.2) is 105 Å². The first-order valence-corrected chi connectivity index (χ1v) is 52.8. The van der Waals surface area contributed by atoms with Crippen LogP contribution in [0.5, 0.6) is 0 Å². The normalized spacial score (nSPS) is 51.4. The molecule has 30 rings (SSSR count). The van der Waals surface area contributed by atoms with Crippen molar-refractivity contribution in [2.45, 2.75) is 338 Å². The Morgan fingerprint density at radius 3 is 1.00 bits per heavy atom. The zero-order valence-corrected chi connectivity index (χ0v) is 85.5. The number of phosphoric acid groups is 2. The number of epoxide rings is 12. The van der Waals surface area contributed by atoms with Gasteiger partial charge >= 0.3 is 90.8 Å². The number of rotatable bonds is 21. The Morgan fingerprint density at radius 2 is 0.681 bits per heavy atom. The molecular formula is C98H116Na2O32P2S. The van der Waals surface area contributed by atoms with Crippen molar-refractivity contribution in [1.29, 1.82) is 0 Å². The molecule has 8 saturated carbocycles. The smallest absolute Gasteiger partial charge is 0.790 e. The Bertz CT molecular complexity index is 5650. The van der Waals surface area contributed by atoms with Crippen molar-refractivity contribution in [2.24, 2.45) is 69.0 Å². The number of hydrogen-bond acceptors (Lipinski definition) is 33. The minimum atomic E-state index is -5.18. The first-order valence-electron chi connectivity index (χ1n) is 48.4. The standard InChI is InChI=1S/C35H39O10P.C22H28O6S.C21H27O10P.C20H24O6.2Na/c1-21(2)33-28(44-33)29-35(45-29)32(3)15-14-24-25(19-38-30(24)36)26(32)16-27-34(35,43-27)31(33)39-20-42-46(37,40-17-22-10-6-4-7-11-22)41-18-23-12-8-5-9-13-23;1-10(2)20-15(27-20)16-22(28-16)19(3)6-5-11-12(8-24-17(11)23)13(19)7-14-21(22,26-14)18(20)25-9-29-4;1-9(2)19-14(30-19)15-21(31-15)18(3)5-4-10-11(7-26-16(10)22)12(18)6-13-20(21,29-13)17(19)27-8-28-32(23,24)25;1-8(2)18-13(25-18)14-20(26-14)17(3)5-4-9-10(7-23-15(9)21)11(17)6-12-19(20,24-12)16(18)22;;/h4-13,21,26-29,31H,14-20H2,1-3H3;10,13-16,18H,5-9H2,1-4H3;9,12-15,17H,4-8H2,1-3H3,(H2,23,24,25);8,11-14,16,22H,4-7H2,1-3H3;;/q;;;;2*+1/p-2/t26-,27-,28-,29-,31+,32-,33-,34+,35+;13-,14-,15-,16-,18+,19-,20-,21+,22+;12-,13-,14-,15-,17+,18-,19-,20+,21+;11-,12-,13-,14-,16+,17-,18-,19+,20+;;/m0000../s1. The number of benzene rings is 2. The Labute approximate surface area is 831 Å². The van der Waals surface area contributed by atoms with Crippen molar-refractivity contribution in [1.82, 2.24) is 0 Å². The molecule has 16 aliphatic heterocycles. The van der Waals surface area contributed by atoms with E-state index < -0.39 is 96.8 Å². The van der Waals surface area contributed by atoms with Gasteiger partial charge in [-0.15, -0.1) is 11.8 Å². The molecule has 37 heteroatoms. The zero-order chi connectivity index (χ0) is 91.8. The van der Waals surface area contributed by atoms with E-state index in [0.29, 0.717) is 57.5 Å². The van der Waals surface area contributed by atoms with E-state index in [1.807, 2.05) is 74.5 Å². The van der Waals surface area contributed by atoms with Crippen LogP contribution in [0.2, 0.25) is 0 Å². The molecule has 8 spiro atoms. The summed E-state index contributed by atoms with van der Waals surface area (Å²) in [5.74, 6) is 1.39. The molecule has 20 fully saturated rings. The second kappa shape index (κ2) is 29.6. The van der Waals surface area contributed by atoms with Crippen molar-refractivity contribution in [3.63, 3.8) is 0 Å². The summed E-state index contributed by atoms with van der Waals surface area (Å²) in [6.45, 7) is 26.7. The molecule has 135 heavy (non-hydrogen) atoms. The third kappa shape index (κ3) is 11.2. The molecule has 0 unspecified atom stereocenters. The van der Waals surface area contributed by atoms with Gasteiger partial charge in [-0.05, 0) is 164 Å². The molecule has 1 N–H and O–H groups in total. The maximum Gasteiger partial charge on any atom is 1.00 e. The molecule has 16 heterocycles. The van der Waals surface area contributed by atoms with Crippen molar-refractivity contribution in [2.75, 3.05) is 52.2 Å². The Hall–Kier alpha value is -2.79. The number of carbonyl (C=O) groups is 4. The number of esters is 4. The van der Waals surface area contributed by atoms with E-state index in [0.717, 1.165) is 108 Å². The van der Waals surface area contributed by atoms with Gasteiger partial charge in [0.1, 0.15) is 144 Å². The molecule has 32 nitrogen and oxygen atoms in total. The average Bonchev–Trinajstić information content (AvgIpc) is 1.43. The van der Waals surface area contributed by atoms with Crippen LogP contribution in [-0.4, -0.2) is 246 Å². The molecule has 12 saturated heterocycles. The fourth-order valence-corrected chi connectivity index (χ4v) is 35.0. The van der Waals surface area contributed by atoms with Gasteiger partial charge in [0.15, 0.2) is 36.0 Å². The topological polar surface area (TPSA) is 421 Å². The monoisotopic (exact) mass is 1940 g/mol. The minimum absolute atomic E-state index is 0. The van der Waals surface area contributed by atoms with Gasteiger partial charge in [0.25, 0.3) is 0 Å². The summed E-state index contributed by atoms with van der Waals surface area (Å²) in [4.78, 5) is 71.1. The predicted octanol–water partition coefficient (Wildman–Crippen LogP) is 3.13. The van der Waals surface area contributed by atoms with E-state index >= 15 is 0 Å². The van der Waals surface area contributed by atoms with Gasteiger partial charge in [0, 0.05) is 44.0 Å². The van der Waals surface area contributed by atoms with Gasteiger partial charge in [-0.3, -0.25) is 13.6 Å². The van der Waals surface area contributed by atoms with Crippen molar-refractivity contribution >= 4 is 51.3 Å². The summed E-state index contributed by atoms with van der Waals surface area (Å²) < 4.78 is 166. The first kappa shape index (κ1) is 93.3. The van der Waals surface area contributed by atoms with E-state index in [1.165, 1.54) is 5.57 Å². The van der Waals surface area contributed by atoms with Crippen LogP contribution in [0.4, 0.5) is 0 Å². The molecular weight excluding hydrogens is 1830 g/mol. The average molecular weight is 1950 g/mol. The molecule has 28 aliphatic rings. The van der Waals surface area contributed by atoms with Crippen molar-refractivity contribution in [3.05, 3.63) is 116 Å². The van der Waals surface area contributed by atoms with Crippen LogP contribution >= 0.6 is 27.4 Å². The number of fused-ring (bicyclic) bond motifs is 16. The quantitative estimate of drug-likeness (QED) is 0.0468. The second-order valence-corrected chi connectivity index (χ2v) is 49.0. The third-order valence-corrected chi connectivity index (χ3v) is 42.1. The number of thioether (sulfide) groups is 1. The van der Waals surface area contributed by atoms with Gasteiger partial charge in [0.2, 0.25) is 0 Å². The first-order chi connectivity index (χ1) is 63.4. The molecule has 0 bridgehead atoms. The molecule has 718 valence electrons. The van der Waals surface area contributed by atoms with E-state index in [-0.39, 0.29) is 257 Å². The summed E-state index contributed by atoms with van der Waals surface area (Å²) in [6.07, 6.45) is 8.68. The van der Waals surface area contributed by atoms with Gasteiger partial charge in [-0.1, -0.05) is 144 Å². The summed E-state index contributed by atoms with van der Waals surface area (Å²) in [6, 6.07) is 18.9. The fourth-order valence-electron chi connectivity index (χ4n) is 33.5. The van der Waals surface area contributed by atoms with Crippen LogP contribution in [0.25, 0.3) is 0 Å². The van der Waals surface area contributed by atoms with E-state index in [2.05, 4.69) is 80.0 Å². The SMILES string of the molecule is CC(C)[C@]12O[C@H]1[C@@H]1O[C@]13[C@]1(O[C@H]1C[C@H]1C4=C(CC[C@@]13C)C(=O)OC4)[C@@H]2O.CC(C)[C@]12O[C@H]1[C@@H]1O[C@]13[C@]1(O[C@H]1C[C@H]1C4=C(CC[C@@]13C)C(=O)OC4)[C@@H]2OCOP(=O)(OCc1ccccc1)OCc1ccccc1.CC(C)[C@]12O[C@H]1[C@@H]1O[C@]13[C@]1(O[C@H]1C[C@H]1C4=C(CC[C@@]13C)C(=O)OC4)[C@@H]2OCOP(=O)([O-])[O-].CSCO[C@@H]1[C@@]2(C(C)C)O[C@H]2[C@@H]2O[C@]23[C@]12O[C@H]2C[C@H]1C2=C(CC[C@@]13C)C(=O)OC2.[Na+].[Na+]. The van der Waals surface area contributed by atoms with Gasteiger partial charge in [0.05, 0.1) is 51.4 Å². The number of phosphoric ester groups is 2. The Morgan fingerprint density at radius 1 is 0.393 bits per heavy atom. The van der Waals surface area contributed by atoms with Gasteiger partial charge in [-0.25, -0.2) is 23.7 Å². The second-order valence-electron chi connectivity index (χ2n) is 45.4. The van der Waals surface area contributed by atoms with E-state index in [9.17, 15) is 43.2 Å². The molecule has 2 aromatic rings. The predicted molar refractivity (Wildman–Crippen MR) is 453 cm³/mol. The molecule has 12 aliphatic carbocycles. The number of hydrogen-bond donors (Lipinski definition) is 1. The number of aliphatic hydroxyl groups excluding tert-OH is 1. The van der Waals surface area contributed by atoms with Gasteiger partial charge in [-0.2, -0.15) is 0 Å². The van der Waals surface area contributed by atoms with Crippen LogP contribution in [0.1, 0.15) is 171 Å². The number of carbonyl (C=O) groups excluding carboxylic acids is 4. The van der Waals surface area contributed by atoms with Crippen LogP contribution in [0.3, 0.4) is 0 Å². The Balaban J connectivity index is 0.0000000978. The van der Waals surface area contributed by atoms with Crippen molar-refractivity contribution in [3.8, 4) is 0 Å². The number of aliphatic hydroxyl groups is 1. The maximum atomic E-state index is 14.0. The number of ether oxygens (including phenoxy) is 19. The van der Waals surface area contributed by atoms with E-state index in [4.69, 9.17) is 104 Å². The molecule has 0 amide bonds. The molecule has 0 radical (unpaired) electrons.